The number of nitrogens with one attached hydrogen (secondary N) is 2. The van der Waals surface area contributed by atoms with Gasteiger partial charge >= 0.3 is 0 Å². The molecule has 0 bridgehead atoms. The number of likely N-dealkylation sites (tertiary alicyclic amines) is 1. The van der Waals surface area contributed by atoms with E-state index in [1.54, 1.807) is 7.05 Å². The van der Waals surface area contributed by atoms with Crippen molar-refractivity contribution in [3.63, 3.8) is 0 Å². The largest absolute Gasteiger partial charge is 0.356 e. The van der Waals surface area contributed by atoms with Gasteiger partial charge in [0.2, 0.25) is 0 Å². The second kappa shape index (κ2) is 10.8. The molecule has 130 valence electrons. The Kier molecular flexibility index (Phi) is 9.36. The maximum atomic E-state index is 12.3. The summed E-state index contributed by atoms with van der Waals surface area (Å²) in [6, 6.07) is 0.329. The molecule has 1 fully saturated rings. The van der Waals surface area contributed by atoms with E-state index in [4.69, 9.17) is 0 Å². The average molecular weight is 318 g/mol. The van der Waals surface area contributed by atoms with E-state index in [1.165, 1.54) is 12.8 Å². The monoisotopic (exact) mass is 318 g/mol. The summed E-state index contributed by atoms with van der Waals surface area (Å²) in [6.45, 7) is 6.77. The van der Waals surface area contributed by atoms with Gasteiger partial charge in [-0.15, -0.1) is 0 Å². The zero-order chi connectivity index (χ0) is 16.4. The Morgan fingerprint density at radius 1 is 1.23 bits per heavy atom. The molecule has 22 heavy (non-hydrogen) atoms. The SMILES string of the molecule is CN=C(NCCCCC(C)C)NC1CCN(CC(F)F)CC1. The van der Waals surface area contributed by atoms with Crippen LogP contribution in [0.3, 0.4) is 0 Å². The fourth-order valence-electron chi connectivity index (χ4n) is 2.73. The first-order valence-electron chi connectivity index (χ1n) is 8.49. The Morgan fingerprint density at radius 3 is 2.45 bits per heavy atom. The summed E-state index contributed by atoms with van der Waals surface area (Å²) in [6.07, 6.45) is 3.18. The molecule has 0 spiro atoms. The lowest BCUT2D eigenvalue weighted by Gasteiger charge is -2.32. The molecule has 0 aliphatic carbocycles. The molecule has 0 aromatic rings. The number of hydrogen-bond donors (Lipinski definition) is 2. The van der Waals surface area contributed by atoms with E-state index in [1.807, 2.05) is 4.90 Å². The first-order chi connectivity index (χ1) is 10.5. The van der Waals surface area contributed by atoms with Crippen molar-refractivity contribution in [3.05, 3.63) is 0 Å². The highest BCUT2D eigenvalue weighted by atomic mass is 19.3. The van der Waals surface area contributed by atoms with Crippen LogP contribution in [0, 0.1) is 5.92 Å². The summed E-state index contributed by atoms with van der Waals surface area (Å²) >= 11 is 0. The van der Waals surface area contributed by atoms with Crippen LogP contribution in [0.1, 0.15) is 46.0 Å². The van der Waals surface area contributed by atoms with E-state index in [2.05, 4.69) is 29.5 Å². The highest BCUT2D eigenvalue weighted by molar-refractivity contribution is 5.79. The zero-order valence-corrected chi connectivity index (χ0v) is 14.2. The van der Waals surface area contributed by atoms with Crippen molar-refractivity contribution in [2.24, 2.45) is 10.9 Å². The van der Waals surface area contributed by atoms with Crippen LogP contribution in [-0.2, 0) is 0 Å². The van der Waals surface area contributed by atoms with Crippen LogP contribution in [0.2, 0.25) is 0 Å². The first kappa shape index (κ1) is 19.1. The van der Waals surface area contributed by atoms with Crippen molar-refractivity contribution in [2.75, 3.05) is 33.2 Å². The lowest BCUT2D eigenvalue weighted by molar-refractivity contribution is 0.0744. The van der Waals surface area contributed by atoms with Gasteiger partial charge in [-0.05, 0) is 25.2 Å². The quantitative estimate of drug-likeness (QED) is 0.411. The van der Waals surface area contributed by atoms with Crippen molar-refractivity contribution >= 4 is 5.96 Å². The molecule has 2 N–H and O–H groups in total. The second-order valence-corrected chi connectivity index (χ2v) is 6.50. The van der Waals surface area contributed by atoms with Crippen molar-refractivity contribution < 1.29 is 8.78 Å². The topological polar surface area (TPSA) is 39.7 Å². The molecule has 0 atom stereocenters. The summed E-state index contributed by atoms with van der Waals surface area (Å²) in [4.78, 5) is 6.08. The summed E-state index contributed by atoms with van der Waals surface area (Å²) in [5.74, 6) is 1.59. The van der Waals surface area contributed by atoms with E-state index in [0.717, 1.165) is 50.8 Å². The normalized spacial score (nSPS) is 18.2. The summed E-state index contributed by atoms with van der Waals surface area (Å²) in [5.41, 5.74) is 0. The Labute approximate surface area is 133 Å². The lowest BCUT2D eigenvalue weighted by Crippen LogP contribution is -2.49. The van der Waals surface area contributed by atoms with E-state index < -0.39 is 6.43 Å². The van der Waals surface area contributed by atoms with E-state index in [-0.39, 0.29) is 6.54 Å². The van der Waals surface area contributed by atoms with E-state index in [9.17, 15) is 8.78 Å². The van der Waals surface area contributed by atoms with E-state index in [0.29, 0.717) is 6.04 Å². The predicted octanol–water partition coefficient (Wildman–Crippen LogP) is 2.71. The molecule has 0 saturated carbocycles. The third-order valence-corrected chi connectivity index (χ3v) is 4.05. The molecule has 1 aliphatic heterocycles. The summed E-state index contributed by atoms with van der Waals surface area (Å²) < 4.78 is 24.7. The van der Waals surface area contributed by atoms with Crippen LogP contribution in [0.15, 0.2) is 4.99 Å². The molecule has 0 unspecified atom stereocenters. The molecule has 0 aromatic carbocycles. The molecule has 0 aromatic heterocycles. The molecular formula is C16H32F2N4. The van der Waals surface area contributed by atoms with Gasteiger partial charge in [0.1, 0.15) is 0 Å². The van der Waals surface area contributed by atoms with Gasteiger partial charge in [0, 0.05) is 32.7 Å². The molecule has 4 nitrogen and oxygen atoms in total. The smallest absolute Gasteiger partial charge is 0.251 e. The number of halogens is 2. The third-order valence-electron chi connectivity index (χ3n) is 4.05. The van der Waals surface area contributed by atoms with Crippen LogP contribution in [0.25, 0.3) is 0 Å². The second-order valence-electron chi connectivity index (χ2n) is 6.50. The van der Waals surface area contributed by atoms with Crippen molar-refractivity contribution in [1.82, 2.24) is 15.5 Å². The first-order valence-corrected chi connectivity index (χ1v) is 8.49. The Bertz CT molecular complexity index is 313. The standard InChI is InChI=1S/C16H32F2N4/c1-13(2)6-4-5-9-20-16(19-3)21-14-7-10-22(11-8-14)12-15(17)18/h13-15H,4-12H2,1-3H3,(H2,19,20,21). The van der Waals surface area contributed by atoms with Crippen molar-refractivity contribution in [2.45, 2.75) is 58.4 Å². The number of piperidine rings is 1. The molecule has 6 heteroatoms. The fraction of sp³-hybridized carbons (Fsp3) is 0.938. The van der Waals surface area contributed by atoms with Gasteiger partial charge in [-0.1, -0.05) is 26.7 Å². The Morgan fingerprint density at radius 2 is 1.91 bits per heavy atom. The summed E-state index contributed by atoms with van der Waals surface area (Å²) in [5, 5.41) is 6.74. The Balaban J connectivity index is 2.16. The van der Waals surface area contributed by atoms with Crippen molar-refractivity contribution in [3.8, 4) is 0 Å². The number of unbranched alkanes of at least 4 members (excludes halogenated alkanes) is 1. The zero-order valence-electron chi connectivity index (χ0n) is 14.2. The number of rotatable bonds is 8. The van der Waals surface area contributed by atoms with Crippen LogP contribution in [0.4, 0.5) is 8.78 Å². The number of nitrogens with zero attached hydrogens (tertiary/aromatic N) is 2. The molecular weight excluding hydrogens is 286 g/mol. The number of aliphatic imine (C=N–C) groups is 1. The van der Waals surface area contributed by atoms with Gasteiger partial charge in [0.05, 0.1) is 6.54 Å². The van der Waals surface area contributed by atoms with Gasteiger partial charge in [0.15, 0.2) is 5.96 Å². The van der Waals surface area contributed by atoms with Gasteiger partial charge < -0.3 is 10.6 Å². The molecule has 1 aliphatic rings. The number of hydrogen-bond acceptors (Lipinski definition) is 2. The molecule has 0 amide bonds. The van der Waals surface area contributed by atoms with Crippen LogP contribution in [-0.4, -0.2) is 56.6 Å². The highest BCUT2D eigenvalue weighted by Gasteiger charge is 2.21. The minimum atomic E-state index is -2.23. The molecule has 0 radical (unpaired) electrons. The minimum absolute atomic E-state index is 0.102. The number of alkyl halides is 2. The summed E-state index contributed by atoms with van der Waals surface area (Å²) in [7, 11) is 1.77. The fourth-order valence-corrected chi connectivity index (χ4v) is 2.73. The number of guanidine groups is 1. The van der Waals surface area contributed by atoms with Gasteiger partial charge in [-0.25, -0.2) is 8.78 Å². The molecule has 1 rings (SSSR count). The minimum Gasteiger partial charge on any atom is -0.356 e. The van der Waals surface area contributed by atoms with Crippen molar-refractivity contribution in [1.29, 1.82) is 0 Å². The van der Waals surface area contributed by atoms with E-state index >= 15 is 0 Å². The lowest BCUT2D eigenvalue weighted by atomic mass is 10.1. The van der Waals surface area contributed by atoms with Crippen LogP contribution >= 0.6 is 0 Å². The molecule has 1 heterocycles. The van der Waals surface area contributed by atoms with Crippen LogP contribution in [0.5, 0.6) is 0 Å². The van der Waals surface area contributed by atoms with Gasteiger partial charge in [-0.3, -0.25) is 9.89 Å². The maximum Gasteiger partial charge on any atom is 0.251 e. The molecule has 1 saturated heterocycles. The highest BCUT2D eigenvalue weighted by Crippen LogP contribution is 2.11. The third kappa shape index (κ3) is 8.51. The van der Waals surface area contributed by atoms with Gasteiger partial charge in [0.25, 0.3) is 6.43 Å². The van der Waals surface area contributed by atoms with Crippen LogP contribution < -0.4 is 10.6 Å². The van der Waals surface area contributed by atoms with Gasteiger partial charge in [-0.2, -0.15) is 0 Å². The maximum absolute atomic E-state index is 12.3. The predicted molar refractivity (Wildman–Crippen MR) is 88.7 cm³/mol. The average Bonchev–Trinajstić information content (AvgIpc) is 2.46. The Hall–Kier alpha value is -0.910.